The summed E-state index contributed by atoms with van der Waals surface area (Å²) < 4.78 is 0. The number of benzene rings is 2. The summed E-state index contributed by atoms with van der Waals surface area (Å²) in [4.78, 5) is 28.7. The number of nitriles is 1. The molecule has 0 saturated carbocycles. The van der Waals surface area contributed by atoms with Gasteiger partial charge < -0.3 is 5.32 Å². The Morgan fingerprint density at radius 3 is 2.54 bits per heavy atom. The Morgan fingerprint density at radius 2 is 1.86 bits per heavy atom. The van der Waals surface area contributed by atoms with E-state index in [2.05, 4.69) is 21.7 Å². The lowest BCUT2D eigenvalue weighted by Crippen LogP contribution is -2.28. The van der Waals surface area contributed by atoms with Gasteiger partial charge in [-0.2, -0.15) is 5.26 Å². The third-order valence-corrected chi connectivity index (χ3v) is 4.87. The number of carbonyl (C=O) groups is 2. The molecule has 3 aromatic rings. The van der Waals surface area contributed by atoms with E-state index < -0.39 is 0 Å². The Morgan fingerprint density at radius 1 is 1.14 bits per heavy atom. The minimum atomic E-state index is -0.236. The lowest BCUT2D eigenvalue weighted by molar-refractivity contribution is -0.121. The molecule has 1 atom stereocenters. The maximum absolute atomic E-state index is 12.3. The highest BCUT2D eigenvalue weighted by Crippen LogP contribution is 2.18. The van der Waals surface area contributed by atoms with E-state index in [0.717, 1.165) is 5.56 Å². The topological polar surface area (TPSA) is 94.9 Å². The van der Waals surface area contributed by atoms with Crippen LogP contribution in [0.3, 0.4) is 0 Å². The molecular formula is C21H18N4O2S. The van der Waals surface area contributed by atoms with Gasteiger partial charge in [0.15, 0.2) is 5.13 Å². The molecule has 2 N–H and O–H groups in total. The molecule has 0 spiro atoms. The fourth-order valence-corrected chi connectivity index (χ4v) is 3.30. The summed E-state index contributed by atoms with van der Waals surface area (Å²) in [5.74, 6) is -0.400. The van der Waals surface area contributed by atoms with E-state index in [4.69, 9.17) is 5.26 Å². The maximum Gasteiger partial charge on any atom is 0.257 e. The SMILES string of the molecule is CC(NC(=O)Cc1csc(NC(=O)c2ccccc2)n1)c1ccc(C#N)cc1. The summed E-state index contributed by atoms with van der Waals surface area (Å²) in [5.41, 5.74) is 2.64. The van der Waals surface area contributed by atoms with E-state index in [0.29, 0.717) is 22.0 Å². The van der Waals surface area contributed by atoms with Crippen molar-refractivity contribution >= 4 is 28.3 Å². The van der Waals surface area contributed by atoms with Crippen LogP contribution in [0.5, 0.6) is 0 Å². The van der Waals surface area contributed by atoms with Crippen molar-refractivity contribution in [2.24, 2.45) is 0 Å². The van der Waals surface area contributed by atoms with Crippen LogP contribution >= 0.6 is 11.3 Å². The average Bonchev–Trinajstić information content (AvgIpc) is 3.15. The van der Waals surface area contributed by atoms with Gasteiger partial charge in [0.1, 0.15) is 0 Å². The molecule has 7 heteroatoms. The third kappa shape index (κ3) is 5.02. The van der Waals surface area contributed by atoms with Crippen LogP contribution in [0.25, 0.3) is 0 Å². The minimum Gasteiger partial charge on any atom is -0.349 e. The zero-order chi connectivity index (χ0) is 19.9. The van der Waals surface area contributed by atoms with Gasteiger partial charge in [0.05, 0.1) is 29.8 Å². The fraction of sp³-hybridized carbons (Fsp3) is 0.143. The maximum atomic E-state index is 12.3. The number of nitrogens with zero attached hydrogens (tertiary/aromatic N) is 2. The predicted octanol–water partition coefficient (Wildman–Crippen LogP) is 3.69. The number of aromatic nitrogens is 1. The Kier molecular flexibility index (Phi) is 6.14. The van der Waals surface area contributed by atoms with Crippen LogP contribution in [-0.2, 0) is 11.2 Å². The molecule has 0 aliphatic rings. The molecule has 0 aliphatic carbocycles. The number of nitrogens with one attached hydrogen (secondary N) is 2. The van der Waals surface area contributed by atoms with Crippen LogP contribution in [0.4, 0.5) is 5.13 Å². The molecule has 0 bridgehead atoms. The van der Waals surface area contributed by atoms with Gasteiger partial charge in [0.25, 0.3) is 5.91 Å². The second-order valence-corrected chi connectivity index (χ2v) is 7.02. The van der Waals surface area contributed by atoms with E-state index >= 15 is 0 Å². The molecule has 1 aromatic heterocycles. The standard InChI is InChI=1S/C21H18N4O2S/c1-14(16-9-7-15(12-22)8-10-16)23-19(26)11-18-13-28-21(24-18)25-20(27)17-5-3-2-4-6-17/h2-10,13-14H,11H2,1H3,(H,23,26)(H,24,25,27). The molecule has 0 aliphatic heterocycles. The van der Waals surface area contributed by atoms with E-state index in [-0.39, 0.29) is 24.3 Å². The first-order valence-electron chi connectivity index (χ1n) is 8.65. The molecular weight excluding hydrogens is 372 g/mol. The molecule has 6 nitrogen and oxygen atoms in total. The van der Waals surface area contributed by atoms with Gasteiger partial charge in [-0.3, -0.25) is 14.9 Å². The first-order valence-corrected chi connectivity index (χ1v) is 9.53. The van der Waals surface area contributed by atoms with Gasteiger partial charge in [-0.25, -0.2) is 4.98 Å². The summed E-state index contributed by atoms with van der Waals surface area (Å²) in [5, 5.41) is 16.7. The molecule has 3 rings (SSSR count). The number of rotatable bonds is 6. The van der Waals surface area contributed by atoms with E-state index in [9.17, 15) is 9.59 Å². The highest BCUT2D eigenvalue weighted by Gasteiger charge is 2.13. The highest BCUT2D eigenvalue weighted by atomic mass is 32.1. The quantitative estimate of drug-likeness (QED) is 0.671. The minimum absolute atomic E-state index is 0.123. The molecule has 1 heterocycles. The molecule has 140 valence electrons. The van der Waals surface area contributed by atoms with Crippen molar-refractivity contribution in [2.45, 2.75) is 19.4 Å². The van der Waals surface area contributed by atoms with E-state index in [1.54, 1.807) is 41.8 Å². The van der Waals surface area contributed by atoms with Gasteiger partial charge >= 0.3 is 0 Å². The van der Waals surface area contributed by atoms with Crippen LogP contribution in [0.1, 0.15) is 40.1 Å². The summed E-state index contributed by atoms with van der Waals surface area (Å²) in [6.45, 7) is 1.88. The second kappa shape index (κ2) is 8.93. The van der Waals surface area contributed by atoms with Gasteiger partial charge in [0, 0.05) is 10.9 Å². The van der Waals surface area contributed by atoms with Crippen LogP contribution in [-0.4, -0.2) is 16.8 Å². The number of anilines is 1. The number of amides is 2. The number of carbonyl (C=O) groups excluding carboxylic acids is 2. The fourth-order valence-electron chi connectivity index (χ4n) is 2.59. The second-order valence-electron chi connectivity index (χ2n) is 6.16. The van der Waals surface area contributed by atoms with Crippen molar-refractivity contribution in [1.29, 1.82) is 5.26 Å². The third-order valence-electron chi connectivity index (χ3n) is 4.07. The lowest BCUT2D eigenvalue weighted by atomic mass is 10.1. The smallest absolute Gasteiger partial charge is 0.257 e. The summed E-state index contributed by atoms with van der Waals surface area (Å²) in [6.07, 6.45) is 0.123. The van der Waals surface area contributed by atoms with Crippen molar-refractivity contribution in [1.82, 2.24) is 10.3 Å². The van der Waals surface area contributed by atoms with Crippen LogP contribution in [0, 0.1) is 11.3 Å². The monoisotopic (exact) mass is 390 g/mol. The zero-order valence-corrected chi connectivity index (χ0v) is 16.0. The molecule has 2 amide bonds. The van der Waals surface area contributed by atoms with Crippen molar-refractivity contribution < 1.29 is 9.59 Å². The van der Waals surface area contributed by atoms with Gasteiger partial charge in [-0.1, -0.05) is 30.3 Å². The van der Waals surface area contributed by atoms with Crippen molar-refractivity contribution in [3.8, 4) is 6.07 Å². The van der Waals surface area contributed by atoms with E-state index in [1.807, 2.05) is 25.1 Å². The largest absolute Gasteiger partial charge is 0.349 e. The van der Waals surface area contributed by atoms with E-state index in [1.165, 1.54) is 11.3 Å². The average molecular weight is 390 g/mol. The Labute approximate surface area is 166 Å². The van der Waals surface area contributed by atoms with Crippen LogP contribution in [0.2, 0.25) is 0 Å². The lowest BCUT2D eigenvalue weighted by Gasteiger charge is -2.14. The van der Waals surface area contributed by atoms with Gasteiger partial charge in [-0.05, 0) is 36.8 Å². The number of thiazole rings is 1. The number of hydrogen-bond acceptors (Lipinski definition) is 5. The Hall–Kier alpha value is -3.50. The van der Waals surface area contributed by atoms with Crippen LogP contribution < -0.4 is 10.6 Å². The molecule has 0 fully saturated rings. The molecule has 28 heavy (non-hydrogen) atoms. The summed E-state index contributed by atoms with van der Waals surface area (Å²) in [6, 6.07) is 17.9. The predicted molar refractivity (Wildman–Crippen MR) is 108 cm³/mol. The van der Waals surface area contributed by atoms with Gasteiger partial charge in [-0.15, -0.1) is 11.3 Å². The van der Waals surface area contributed by atoms with Crippen LogP contribution in [0.15, 0.2) is 60.0 Å². The molecule has 0 radical (unpaired) electrons. The van der Waals surface area contributed by atoms with Gasteiger partial charge in [0.2, 0.25) is 5.91 Å². The normalized spacial score (nSPS) is 11.3. The Bertz CT molecular complexity index is 1010. The molecule has 2 aromatic carbocycles. The number of hydrogen-bond donors (Lipinski definition) is 2. The Balaban J connectivity index is 1.54. The molecule has 1 unspecified atom stereocenters. The first kappa shape index (κ1) is 19.3. The first-order chi connectivity index (χ1) is 13.5. The van der Waals surface area contributed by atoms with Crippen molar-refractivity contribution in [2.75, 3.05) is 5.32 Å². The highest BCUT2D eigenvalue weighted by molar-refractivity contribution is 7.14. The molecule has 0 saturated heterocycles. The van der Waals surface area contributed by atoms with Crippen molar-refractivity contribution in [3.63, 3.8) is 0 Å². The van der Waals surface area contributed by atoms with Crippen molar-refractivity contribution in [3.05, 3.63) is 82.4 Å². The summed E-state index contributed by atoms with van der Waals surface area (Å²) >= 11 is 1.28. The zero-order valence-electron chi connectivity index (χ0n) is 15.2. The summed E-state index contributed by atoms with van der Waals surface area (Å²) in [7, 11) is 0.